The van der Waals surface area contributed by atoms with E-state index in [4.69, 9.17) is 14.7 Å². The Balaban J connectivity index is 4.17. The Morgan fingerprint density at radius 1 is 0.857 bits per heavy atom. The van der Waals surface area contributed by atoms with Gasteiger partial charge >= 0.3 is 15.6 Å². The van der Waals surface area contributed by atoms with Crippen molar-refractivity contribution in [3.8, 4) is 0 Å². The number of hydrogen-bond donors (Lipinski definition) is 3. The Morgan fingerprint density at radius 2 is 1.46 bits per heavy atom. The maximum atomic E-state index is 11.2. The maximum absolute atomic E-state index is 11.2. The summed E-state index contributed by atoms with van der Waals surface area (Å²) in [5.74, 6) is 0. The summed E-state index contributed by atoms with van der Waals surface area (Å²) in [7, 11) is -9.86. The minimum absolute atomic E-state index is 0.322. The third-order valence-electron chi connectivity index (χ3n) is 3.41. The largest absolute Gasteiger partial charge is 0.481 e. The SMILES string of the molecule is CC(C)=CCC/C(C)=C/CC/C(C)=C/C=C/C=C/COP(=O)(O)OP(=O)(O)O. The molecule has 0 aliphatic rings. The Labute approximate surface area is 168 Å². The number of hydrogen-bond acceptors (Lipinski definition) is 4. The molecule has 0 rings (SSSR count). The van der Waals surface area contributed by atoms with Gasteiger partial charge in [-0.2, -0.15) is 4.31 Å². The van der Waals surface area contributed by atoms with Crippen LogP contribution < -0.4 is 0 Å². The molecule has 9 heteroatoms. The van der Waals surface area contributed by atoms with Crippen LogP contribution >= 0.6 is 15.6 Å². The van der Waals surface area contributed by atoms with Gasteiger partial charge in [0.15, 0.2) is 0 Å². The smallest absolute Gasteiger partial charge is 0.302 e. The molecule has 0 aliphatic carbocycles. The van der Waals surface area contributed by atoms with E-state index in [1.165, 1.54) is 22.8 Å². The first-order chi connectivity index (χ1) is 12.9. The van der Waals surface area contributed by atoms with Gasteiger partial charge in [0.2, 0.25) is 0 Å². The van der Waals surface area contributed by atoms with Crippen LogP contribution in [0.3, 0.4) is 0 Å². The van der Waals surface area contributed by atoms with Crippen LogP contribution in [-0.4, -0.2) is 21.3 Å². The van der Waals surface area contributed by atoms with E-state index < -0.39 is 15.6 Å². The van der Waals surface area contributed by atoms with Crippen LogP contribution in [0, 0.1) is 0 Å². The van der Waals surface area contributed by atoms with Gasteiger partial charge in [0, 0.05) is 0 Å². The molecule has 0 aromatic heterocycles. The molecule has 0 fully saturated rings. The molecule has 0 saturated heterocycles. The van der Waals surface area contributed by atoms with Crippen LogP contribution in [-0.2, 0) is 18.0 Å². The lowest BCUT2D eigenvalue weighted by atomic mass is 10.1. The Bertz CT molecular complexity index is 708. The van der Waals surface area contributed by atoms with Crippen LogP contribution in [0.15, 0.2) is 59.3 Å². The van der Waals surface area contributed by atoms with Crippen LogP contribution in [0.4, 0.5) is 0 Å². The molecule has 0 spiro atoms. The van der Waals surface area contributed by atoms with Gasteiger partial charge in [-0.15, -0.1) is 0 Å². The van der Waals surface area contributed by atoms with Gasteiger partial charge in [0.1, 0.15) is 0 Å². The number of rotatable bonds is 13. The summed E-state index contributed by atoms with van der Waals surface area (Å²) in [6.45, 7) is 8.09. The summed E-state index contributed by atoms with van der Waals surface area (Å²) < 4.78 is 29.7. The molecule has 0 radical (unpaired) electrons. The lowest BCUT2D eigenvalue weighted by molar-refractivity contribution is 0.191. The first-order valence-electron chi connectivity index (χ1n) is 8.93. The fourth-order valence-corrected chi connectivity index (χ4v) is 3.57. The van der Waals surface area contributed by atoms with E-state index >= 15 is 0 Å². The van der Waals surface area contributed by atoms with E-state index in [1.54, 1.807) is 12.2 Å². The second-order valence-electron chi connectivity index (χ2n) is 6.57. The van der Waals surface area contributed by atoms with Crippen molar-refractivity contribution in [2.45, 2.75) is 53.4 Å². The fraction of sp³-hybridized carbons (Fsp3) is 0.474. The normalized spacial score (nSPS) is 16.0. The number of phosphoric acid groups is 2. The highest BCUT2D eigenvalue weighted by molar-refractivity contribution is 7.60. The molecule has 0 bridgehead atoms. The molecule has 0 aromatic carbocycles. The highest BCUT2D eigenvalue weighted by Crippen LogP contribution is 2.57. The predicted molar refractivity (Wildman–Crippen MR) is 113 cm³/mol. The van der Waals surface area contributed by atoms with Crippen LogP contribution in [0.25, 0.3) is 0 Å². The van der Waals surface area contributed by atoms with Crippen molar-refractivity contribution >= 4 is 15.6 Å². The molecular formula is C19H32O7P2. The molecule has 0 amide bonds. The summed E-state index contributed by atoms with van der Waals surface area (Å²) in [5, 5.41) is 0. The first kappa shape index (κ1) is 27.0. The van der Waals surface area contributed by atoms with Crippen molar-refractivity contribution in [2.75, 3.05) is 6.61 Å². The molecular weight excluding hydrogens is 402 g/mol. The molecule has 0 heterocycles. The third-order valence-corrected chi connectivity index (χ3v) is 5.56. The van der Waals surface area contributed by atoms with Gasteiger partial charge in [-0.3, -0.25) is 4.52 Å². The molecule has 0 aliphatic heterocycles. The quantitative estimate of drug-likeness (QED) is 0.192. The van der Waals surface area contributed by atoms with Crippen LogP contribution in [0.5, 0.6) is 0 Å². The monoisotopic (exact) mass is 434 g/mol. The number of allylic oxidation sites excluding steroid dienone is 9. The minimum atomic E-state index is -5.08. The lowest BCUT2D eigenvalue weighted by Gasteiger charge is -2.10. The van der Waals surface area contributed by atoms with Crippen LogP contribution in [0.2, 0.25) is 0 Å². The standard InChI is InChI=1S/C19H32O7P2/c1-17(2)11-9-13-19(4)15-10-14-18(3)12-7-5-6-8-16-25-28(23,24)26-27(20,21)22/h5-8,11-12,15H,9-10,13-14,16H2,1-4H3,(H,23,24)(H2,20,21,22)/b7-5+,8-6+,18-12+,19-15+. The van der Waals surface area contributed by atoms with Crippen molar-refractivity contribution in [3.63, 3.8) is 0 Å². The van der Waals surface area contributed by atoms with Crippen molar-refractivity contribution in [1.29, 1.82) is 0 Å². The zero-order chi connectivity index (χ0) is 21.6. The van der Waals surface area contributed by atoms with Gasteiger partial charge < -0.3 is 14.7 Å². The topological polar surface area (TPSA) is 113 Å². The van der Waals surface area contributed by atoms with Crippen molar-refractivity contribution < 1.29 is 32.6 Å². The van der Waals surface area contributed by atoms with E-state index in [0.717, 1.165) is 25.7 Å². The Hall–Kier alpha value is -1.04. The summed E-state index contributed by atoms with van der Waals surface area (Å²) in [5.41, 5.74) is 3.97. The zero-order valence-electron chi connectivity index (χ0n) is 16.9. The number of phosphoric ester groups is 1. The molecule has 3 N–H and O–H groups in total. The molecule has 7 nitrogen and oxygen atoms in total. The third kappa shape index (κ3) is 18.3. The molecule has 1 unspecified atom stereocenters. The van der Waals surface area contributed by atoms with E-state index in [0.29, 0.717) is 0 Å². The van der Waals surface area contributed by atoms with Crippen LogP contribution in [0.1, 0.15) is 53.4 Å². The molecule has 0 saturated carbocycles. The van der Waals surface area contributed by atoms with Gasteiger partial charge in [0.25, 0.3) is 0 Å². The highest BCUT2D eigenvalue weighted by Gasteiger charge is 2.31. The lowest BCUT2D eigenvalue weighted by Crippen LogP contribution is -1.93. The Kier molecular flexibility index (Phi) is 13.5. The molecule has 0 aromatic rings. The Morgan fingerprint density at radius 3 is 2.07 bits per heavy atom. The van der Waals surface area contributed by atoms with Gasteiger partial charge in [-0.05, 0) is 53.4 Å². The summed E-state index contributed by atoms with van der Waals surface area (Å²) in [6.07, 6.45) is 17.2. The van der Waals surface area contributed by atoms with Crippen molar-refractivity contribution in [1.82, 2.24) is 0 Å². The minimum Gasteiger partial charge on any atom is -0.302 e. The molecule has 28 heavy (non-hydrogen) atoms. The van der Waals surface area contributed by atoms with E-state index in [9.17, 15) is 9.13 Å². The first-order valence-corrected chi connectivity index (χ1v) is 12.0. The predicted octanol–water partition coefficient (Wildman–Crippen LogP) is 5.74. The average molecular weight is 434 g/mol. The van der Waals surface area contributed by atoms with Gasteiger partial charge in [0.05, 0.1) is 6.61 Å². The summed E-state index contributed by atoms with van der Waals surface area (Å²) >= 11 is 0. The van der Waals surface area contributed by atoms with E-state index in [-0.39, 0.29) is 6.61 Å². The second kappa shape index (κ2) is 14.0. The summed E-state index contributed by atoms with van der Waals surface area (Å²) in [6, 6.07) is 0. The second-order valence-corrected chi connectivity index (χ2v) is 9.40. The average Bonchev–Trinajstić information content (AvgIpc) is 2.51. The molecule has 1 atom stereocenters. The van der Waals surface area contributed by atoms with Gasteiger partial charge in [-0.25, -0.2) is 9.13 Å². The molecule has 160 valence electrons. The van der Waals surface area contributed by atoms with E-state index in [1.807, 2.05) is 19.1 Å². The van der Waals surface area contributed by atoms with Crippen molar-refractivity contribution in [3.05, 3.63) is 59.3 Å². The fourth-order valence-electron chi connectivity index (χ4n) is 2.03. The summed E-state index contributed by atoms with van der Waals surface area (Å²) in [4.78, 5) is 26.0. The van der Waals surface area contributed by atoms with Gasteiger partial charge in [-0.1, -0.05) is 59.3 Å². The highest BCUT2D eigenvalue weighted by atomic mass is 31.3. The maximum Gasteiger partial charge on any atom is 0.481 e. The van der Waals surface area contributed by atoms with E-state index in [2.05, 4.69) is 41.8 Å². The zero-order valence-corrected chi connectivity index (χ0v) is 18.7. The van der Waals surface area contributed by atoms with Crippen molar-refractivity contribution in [2.24, 2.45) is 0 Å².